The Kier molecular flexibility index (Phi) is 5.20. The third-order valence-corrected chi connectivity index (χ3v) is 6.62. The highest BCUT2D eigenvalue weighted by Gasteiger charge is 2.27. The van der Waals surface area contributed by atoms with Crippen molar-refractivity contribution in [3.63, 3.8) is 0 Å². The Balaban J connectivity index is 1.69. The minimum atomic E-state index is -0.469. The molecule has 3 aromatic rings. The molecule has 7 nitrogen and oxygen atoms in total. The Hall–Kier alpha value is -2.26. The van der Waals surface area contributed by atoms with E-state index < -0.39 is 6.10 Å². The van der Waals surface area contributed by atoms with Gasteiger partial charge in [0, 0.05) is 42.3 Å². The molecular formula is C20H25N5O2S. The standard InChI is InChI=1S/C20H25N5O2S/c1-11-14-3-4-16(13-9-15(21)19(23-10-13)25(2)22)24-20(14)28-18(11)17(26)12-5-7-27-8-6-12/h3-4,9-10,12,17,26H,5-8,21-22H2,1-2H3. The zero-order chi connectivity index (χ0) is 19.8. The summed E-state index contributed by atoms with van der Waals surface area (Å²) >= 11 is 1.56. The van der Waals surface area contributed by atoms with Crippen LogP contribution in [0.2, 0.25) is 0 Å². The Morgan fingerprint density at radius 1 is 1.32 bits per heavy atom. The van der Waals surface area contributed by atoms with Gasteiger partial charge < -0.3 is 15.6 Å². The second-order valence-electron chi connectivity index (χ2n) is 7.28. The summed E-state index contributed by atoms with van der Waals surface area (Å²) in [6.07, 6.45) is 3.03. The molecule has 0 aliphatic carbocycles. The first kappa shape index (κ1) is 19.1. The van der Waals surface area contributed by atoms with Crippen molar-refractivity contribution < 1.29 is 9.84 Å². The molecule has 0 saturated carbocycles. The number of aliphatic hydroxyl groups excluding tert-OH is 1. The van der Waals surface area contributed by atoms with Crippen molar-refractivity contribution in [3.8, 4) is 11.3 Å². The maximum absolute atomic E-state index is 10.9. The van der Waals surface area contributed by atoms with E-state index in [0.29, 0.717) is 11.5 Å². The van der Waals surface area contributed by atoms with Crippen LogP contribution in [0, 0.1) is 12.8 Å². The molecule has 1 atom stereocenters. The van der Waals surface area contributed by atoms with Gasteiger partial charge in [-0.2, -0.15) is 0 Å². The topological polar surface area (TPSA) is 111 Å². The van der Waals surface area contributed by atoms with E-state index in [0.717, 1.165) is 58.0 Å². The number of hydrazine groups is 1. The van der Waals surface area contributed by atoms with Gasteiger partial charge in [-0.05, 0) is 49.4 Å². The number of thiophene rings is 1. The van der Waals surface area contributed by atoms with Crippen molar-refractivity contribution in [3.05, 3.63) is 34.8 Å². The summed E-state index contributed by atoms with van der Waals surface area (Å²) in [5.41, 5.74) is 9.31. The molecule has 148 valence electrons. The Morgan fingerprint density at radius 2 is 2.07 bits per heavy atom. The van der Waals surface area contributed by atoms with Gasteiger partial charge in [-0.1, -0.05) is 0 Å². The van der Waals surface area contributed by atoms with E-state index in [1.165, 1.54) is 5.01 Å². The van der Waals surface area contributed by atoms with Crippen LogP contribution in [-0.4, -0.2) is 35.3 Å². The number of nitrogen functional groups attached to an aromatic ring is 1. The first-order chi connectivity index (χ1) is 13.5. The molecule has 1 aliphatic rings. The molecule has 0 spiro atoms. The van der Waals surface area contributed by atoms with Crippen LogP contribution in [0.1, 0.15) is 29.4 Å². The van der Waals surface area contributed by atoms with Crippen molar-refractivity contribution in [2.75, 3.05) is 31.0 Å². The van der Waals surface area contributed by atoms with Crippen LogP contribution in [0.3, 0.4) is 0 Å². The number of aromatic nitrogens is 2. The van der Waals surface area contributed by atoms with E-state index in [-0.39, 0.29) is 5.92 Å². The van der Waals surface area contributed by atoms with Crippen LogP contribution in [0.15, 0.2) is 24.4 Å². The van der Waals surface area contributed by atoms with E-state index in [9.17, 15) is 5.11 Å². The zero-order valence-corrected chi connectivity index (χ0v) is 16.9. The van der Waals surface area contributed by atoms with E-state index in [1.807, 2.05) is 12.1 Å². The fourth-order valence-electron chi connectivity index (χ4n) is 3.72. The number of aliphatic hydroxyl groups is 1. The Bertz CT molecular complexity index is 998. The Labute approximate surface area is 167 Å². The number of rotatable bonds is 4. The van der Waals surface area contributed by atoms with E-state index in [4.69, 9.17) is 21.3 Å². The monoisotopic (exact) mass is 399 g/mol. The highest BCUT2D eigenvalue weighted by Crippen LogP contribution is 2.40. The van der Waals surface area contributed by atoms with Crippen LogP contribution < -0.4 is 16.6 Å². The molecule has 0 aromatic carbocycles. The summed E-state index contributed by atoms with van der Waals surface area (Å²) in [6.45, 7) is 3.50. The average molecular weight is 400 g/mol. The number of aryl methyl sites for hydroxylation is 1. The van der Waals surface area contributed by atoms with Gasteiger partial charge in [-0.3, -0.25) is 5.01 Å². The van der Waals surface area contributed by atoms with Gasteiger partial charge in [0.15, 0.2) is 5.82 Å². The van der Waals surface area contributed by atoms with Gasteiger partial charge in [0.05, 0.1) is 17.5 Å². The van der Waals surface area contributed by atoms with Crippen molar-refractivity contribution in [1.82, 2.24) is 9.97 Å². The molecule has 0 amide bonds. The number of anilines is 2. The van der Waals surface area contributed by atoms with Gasteiger partial charge in [0.1, 0.15) is 4.83 Å². The highest BCUT2D eigenvalue weighted by atomic mass is 32.1. The first-order valence-electron chi connectivity index (χ1n) is 9.36. The SMILES string of the molecule is Cc1c(C(O)C2CCOCC2)sc2nc(-c3cnc(N(C)N)c(N)c3)ccc12. The van der Waals surface area contributed by atoms with Gasteiger partial charge >= 0.3 is 0 Å². The fourth-order valence-corrected chi connectivity index (χ4v) is 4.97. The third kappa shape index (κ3) is 3.44. The van der Waals surface area contributed by atoms with Crippen molar-refractivity contribution in [2.24, 2.45) is 11.8 Å². The predicted octanol–water partition coefficient (Wildman–Crippen LogP) is 3.02. The third-order valence-electron chi connectivity index (χ3n) is 5.35. The van der Waals surface area contributed by atoms with Gasteiger partial charge in [0.25, 0.3) is 0 Å². The van der Waals surface area contributed by atoms with Crippen LogP contribution in [-0.2, 0) is 4.74 Å². The predicted molar refractivity (Wildman–Crippen MR) is 113 cm³/mol. The minimum Gasteiger partial charge on any atom is -0.396 e. The molecule has 3 aromatic heterocycles. The van der Waals surface area contributed by atoms with Crippen LogP contribution in [0.5, 0.6) is 0 Å². The maximum atomic E-state index is 10.9. The summed E-state index contributed by atoms with van der Waals surface area (Å²) in [4.78, 5) is 11.1. The molecule has 0 radical (unpaired) electrons. The number of nitrogens with zero attached hydrogens (tertiary/aromatic N) is 3. The number of ether oxygens (including phenoxy) is 1. The lowest BCUT2D eigenvalue weighted by Crippen LogP contribution is -2.27. The van der Waals surface area contributed by atoms with Crippen LogP contribution in [0.4, 0.5) is 11.5 Å². The molecule has 1 unspecified atom stereocenters. The maximum Gasteiger partial charge on any atom is 0.165 e. The molecule has 28 heavy (non-hydrogen) atoms. The summed E-state index contributed by atoms with van der Waals surface area (Å²) in [5, 5.41) is 13.4. The number of pyridine rings is 2. The van der Waals surface area contributed by atoms with E-state index >= 15 is 0 Å². The Morgan fingerprint density at radius 3 is 2.75 bits per heavy atom. The molecule has 1 saturated heterocycles. The first-order valence-corrected chi connectivity index (χ1v) is 10.2. The summed E-state index contributed by atoms with van der Waals surface area (Å²) in [6, 6.07) is 5.86. The molecule has 1 aliphatic heterocycles. The van der Waals surface area contributed by atoms with E-state index in [1.54, 1.807) is 24.6 Å². The van der Waals surface area contributed by atoms with Crippen molar-refractivity contribution in [1.29, 1.82) is 0 Å². The fraction of sp³-hybridized carbons (Fsp3) is 0.400. The van der Waals surface area contributed by atoms with Crippen LogP contribution in [0.25, 0.3) is 21.5 Å². The molecular weight excluding hydrogens is 374 g/mol. The molecule has 4 heterocycles. The van der Waals surface area contributed by atoms with Crippen molar-refractivity contribution in [2.45, 2.75) is 25.9 Å². The van der Waals surface area contributed by atoms with Gasteiger partial charge in [-0.15, -0.1) is 11.3 Å². The second-order valence-corrected chi connectivity index (χ2v) is 8.31. The average Bonchev–Trinajstić information content (AvgIpc) is 3.03. The molecule has 0 bridgehead atoms. The smallest absolute Gasteiger partial charge is 0.165 e. The number of hydrogen-bond donors (Lipinski definition) is 3. The normalized spacial score (nSPS) is 16.4. The van der Waals surface area contributed by atoms with Crippen LogP contribution >= 0.6 is 11.3 Å². The number of hydrogen-bond acceptors (Lipinski definition) is 8. The summed E-state index contributed by atoms with van der Waals surface area (Å²) in [7, 11) is 1.70. The number of nitrogens with two attached hydrogens (primary N) is 2. The zero-order valence-electron chi connectivity index (χ0n) is 16.1. The van der Waals surface area contributed by atoms with Crippen molar-refractivity contribution >= 4 is 33.1 Å². The minimum absolute atomic E-state index is 0.241. The summed E-state index contributed by atoms with van der Waals surface area (Å²) < 4.78 is 5.43. The lowest BCUT2D eigenvalue weighted by atomic mass is 9.91. The lowest BCUT2D eigenvalue weighted by molar-refractivity contribution is 0.00837. The second kappa shape index (κ2) is 7.63. The van der Waals surface area contributed by atoms with Gasteiger partial charge in [-0.25, -0.2) is 15.8 Å². The molecule has 8 heteroatoms. The van der Waals surface area contributed by atoms with Gasteiger partial charge in [0.2, 0.25) is 0 Å². The largest absolute Gasteiger partial charge is 0.396 e. The summed E-state index contributed by atoms with van der Waals surface area (Å²) in [5.74, 6) is 6.50. The lowest BCUT2D eigenvalue weighted by Gasteiger charge is -2.26. The van der Waals surface area contributed by atoms with E-state index in [2.05, 4.69) is 18.0 Å². The molecule has 1 fully saturated rings. The molecule has 4 rings (SSSR count). The molecule has 5 N–H and O–H groups in total. The highest BCUT2D eigenvalue weighted by molar-refractivity contribution is 7.18. The quantitative estimate of drug-likeness (QED) is 0.457. The number of fused-ring (bicyclic) bond motifs is 1.